The SMILES string of the molecule is CC.CCl.NCCCn1ccc2c(Cl)cc(Cl)cc21. The van der Waals surface area contributed by atoms with Gasteiger partial charge in [-0.1, -0.05) is 37.0 Å². The van der Waals surface area contributed by atoms with E-state index in [0.29, 0.717) is 16.6 Å². The smallest absolute Gasteiger partial charge is 0.0514 e. The molecular formula is C14H21Cl3N2. The summed E-state index contributed by atoms with van der Waals surface area (Å²) in [7, 11) is 0. The summed E-state index contributed by atoms with van der Waals surface area (Å²) in [5, 5.41) is 2.40. The third-order valence-electron chi connectivity index (χ3n) is 2.41. The highest BCUT2D eigenvalue weighted by Gasteiger charge is 2.05. The highest BCUT2D eigenvalue weighted by molar-refractivity contribution is 6.38. The molecule has 0 amide bonds. The average molecular weight is 324 g/mol. The Labute approximate surface area is 130 Å². The van der Waals surface area contributed by atoms with Crippen LogP contribution in [-0.2, 0) is 6.54 Å². The molecule has 5 heteroatoms. The van der Waals surface area contributed by atoms with Gasteiger partial charge >= 0.3 is 0 Å². The van der Waals surface area contributed by atoms with Crippen LogP contribution in [0.3, 0.4) is 0 Å². The predicted octanol–water partition coefficient (Wildman–Crippen LogP) is 5.18. The van der Waals surface area contributed by atoms with Gasteiger partial charge in [-0.05, 0) is 31.2 Å². The molecule has 2 N–H and O–H groups in total. The lowest BCUT2D eigenvalue weighted by Crippen LogP contribution is -2.04. The van der Waals surface area contributed by atoms with Crippen molar-refractivity contribution in [1.29, 1.82) is 0 Å². The highest BCUT2D eigenvalue weighted by atomic mass is 35.5. The standard InChI is InChI=1S/C11H12Cl2N2.C2H6.CH3Cl/c12-8-6-10(13)9-2-5-15(4-1-3-14)11(9)7-8;2*1-2/h2,5-7H,1,3-4,14H2;1-2H3;1H3. The Balaban J connectivity index is 0.000000741. The summed E-state index contributed by atoms with van der Waals surface area (Å²) in [4.78, 5) is 0. The van der Waals surface area contributed by atoms with Crippen LogP contribution in [0.5, 0.6) is 0 Å². The lowest BCUT2D eigenvalue weighted by Gasteiger charge is -2.04. The molecule has 0 aliphatic heterocycles. The van der Waals surface area contributed by atoms with Crippen molar-refractivity contribution in [1.82, 2.24) is 4.57 Å². The van der Waals surface area contributed by atoms with Crippen LogP contribution in [0.1, 0.15) is 20.3 Å². The zero-order chi connectivity index (χ0) is 14.8. The van der Waals surface area contributed by atoms with E-state index >= 15 is 0 Å². The van der Waals surface area contributed by atoms with Gasteiger partial charge in [0.05, 0.1) is 10.5 Å². The van der Waals surface area contributed by atoms with Crippen LogP contribution in [-0.4, -0.2) is 17.5 Å². The molecule has 0 unspecified atom stereocenters. The number of halogens is 3. The molecule has 19 heavy (non-hydrogen) atoms. The first kappa shape index (κ1) is 18.6. The van der Waals surface area contributed by atoms with Crippen LogP contribution in [0.25, 0.3) is 10.9 Å². The lowest BCUT2D eigenvalue weighted by molar-refractivity contribution is 0.671. The van der Waals surface area contributed by atoms with Crippen LogP contribution in [0, 0.1) is 0 Å². The van der Waals surface area contributed by atoms with Crippen LogP contribution >= 0.6 is 34.8 Å². The topological polar surface area (TPSA) is 30.9 Å². The molecule has 0 saturated carbocycles. The molecule has 0 bridgehead atoms. The maximum absolute atomic E-state index is 6.09. The van der Waals surface area contributed by atoms with E-state index in [1.165, 1.54) is 6.38 Å². The first-order valence-corrected chi connectivity index (χ1v) is 7.75. The normalized spacial score (nSPS) is 9.42. The molecule has 2 rings (SSSR count). The average Bonchev–Trinajstić information content (AvgIpc) is 2.84. The Bertz CT molecular complexity index is 481. The summed E-state index contributed by atoms with van der Waals surface area (Å²) in [6, 6.07) is 5.70. The molecule has 0 spiro atoms. The number of benzene rings is 1. The molecule has 0 saturated heterocycles. The summed E-state index contributed by atoms with van der Waals surface area (Å²) < 4.78 is 2.12. The number of aryl methyl sites for hydroxylation is 1. The minimum atomic E-state index is 0.667. The van der Waals surface area contributed by atoms with E-state index in [-0.39, 0.29) is 0 Å². The summed E-state index contributed by atoms with van der Waals surface area (Å²) in [5.74, 6) is 0. The van der Waals surface area contributed by atoms with Crippen molar-refractivity contribution in [3.05, 3.63) is 34.4 Å². The second-order valence-electron chi connectivity index (χ2n) is 3.47. The van der Waals surface area contributed by atoms with Gasteiger partial charge in [0.15, 0.2) is 0 Å². The van der Waals surface area contributed by atoms with E-state index in [9.17, 15) is 0 Å². The van der Waals surface area contributed by atoms with Gasteiger partial charge in [-0.25, -0.2) is 0 Å². The molecular weight excluding hydrogens is 303 g/mol. The second-order valence-corrected chi connectivity index (χ2v) is 4.32. The van der Waals surface area contributed by atoms with Gasteiger partial charge in [-0.2, -0.15) is 0 Å². The Morgan fingerprint density at radius 2 is 1.79 bits per heavy atom. The summed E-state index contributed by atoms with van der Waals surface area (Å²) >= 11 is 16.7. The van der Waals surface area contributed by atoms with E-state index in [2.05, 4.69) is 16.2 Å². The highest BCUT2D eigenvalue weighted by Crippen LogP contribution is 2.28. The fraction of sp³-hybridized carbons (Fsp3) is 0.429. The second kappa shape index (κ2) is 10.4. The molecule has 0 aliphatic carbocycles. The van der Waals surface area contributed by atoms with Crippen LogP contribution in [0.15, 0.2) is 24.4 Å². The van der Waals surface area contributed by atoms with E-state index in [1.54, 1.807) is 6.07 Å². The number of fused-ring (bicyclic) bond motifs is 1. The zero-order valence-electron chi connectivity index (χ0n) is 11.6. The monoisotopic (exact) mass is 322 g/mol. The first-order valence-electron chi connectivity index (χ1n) is 6.24. The molecule has 0 atom stereocenters. The molecule has 2 nitrogen and oxygen atoms in total. The van der Waals surface area contributed by atoms with E-state index < -0.39 is 0 Å². The number of nitrogens with two attached hydrogens (primary N) is 1. The van der Waals surface area contributed by atoms with Crippen molar-refractivity contribution in [2.24, 2.45) is 5.73 Å². The van der Waals surface area contributed by atoms with Crippen molar-refractivity contribution in [2.75, 3.05) is 12.9 Å². The Kier molecular flexibility index (Phi) is 10.2. The predicted molar refractivity (Wildman–Crippen MR) is 88.8 cm³/mol. The Hall–Kier alpha value is -0.410. The zero-order valence-corrected chi connectivity index (χ0v) is 13.9. The lowest BCUT2D eigenvalue weighted by atomic mass is 10.2. The molecule has 0 fully saturated rings. The third-order valence-corrected chi connectivity index (χ3v) is 2.94. The molecule has 108 valence electrons. The Morgan fingerprint density at radius 1 is 1.16 bits per heavy atom. The number of rotatable bonds is 3. The summed E-state index contributed by atoms with van der Waals surface area (Å²) in [5.41, 5.74) is 6.55. The van der Waals surface area contributed by atoms with Crippen LogP contribution in [0.4, 0.5) is 0 Å². The summed E-state index contributed by atoms with van der Waals surface area (Å²) in [6.07, 6.45) is 4.44. The van der Waals surface area contributed by atoms with Gasteiger partial charge in [-0.15, -0.1) is 11.6 Å². The maximum atomic E-state index is 6.09. The number of alkyl halides is 1. The minimum absolute atomic E-state index is 0.667. The summed E-state index contributed by atoms with van der Waals surface area (Å²) in [6.45, 7) is 5.59. The molecule has 1 heterocycles. The van der Waals surface area contributed by atoms with Crippen molar-refractivity contribution in [3.63, 3.8) is 0 Å². The molecule has 0 radical (unpaired) electrons. The van der Waals surface area contributed by atoms with Crippen molar-refractivity contribution in [2.45, 2.75) is 26.8 Å². The van der Waals surface area contributed by atoms with Crippen molar-refractivity contribution >= 4 is 45.7 Å². The first-order chi connectivity index (χ1) is 9.22. The fourth-order valence-corrected chi connectivity index (χ4v) is 2.22. The fourth-order valence-electron chi connectivity index (χ4n) is 1.68. The number of aromatic nitrogens is 1. The molecule has 0 aliphatic rings. The van der Waals surface area contributed by atoms with Crippen molar-refractivity contribution < 1.29 is 0 Å². The number of nitrogens with zero attached hydrogens (tertiary/aromatic N) is 1. The van der Waals surface area contributed by atoms with Gasteiger partial charge in [-0.3, -0.25) is 0 Å². The quantitative estimate of drug-likeness (QED) is 0.775. The van der Waals surface area contributed by atoms with Gasteiger partial charge in [0.2, 0.25) is 0 Å². The minimum Gasteiger partial charge on any atom is -0.347 e. The molecule has 1 aromatic carbocycles. The van der Waals surface area contributed by atoms with Crippen LogP contribution < -0.4 is 5.73 Å². The Morgan fingerprint density at radius 3 is 2.37 bits per heavy atom. The molecule has 1 aromatic heterocycles. The largest absolute Gasteiger partial charge is 0.347 e. The van der Waals surface area contributed by atoms with Gasteiger partial charge in [0.1, 0.15) is 0 Å². The van der Waals surface area contributed by atoms with Gasteiger partial charge in [0, 0.05) is 29.5 Å². The van der Waals surface area contributed by atoms with E-state index in [0.717, 1.165) is 23.9 Å². The van der Waals surface area contributed by atoms with E-state index in [1.807, 2.05) is 32.2 Å². The number of hydrogen-bond donors (Lipinski definition) is 1. The maximum Gasteiger partial charge on any atom is 0.0514 e. The van der Waals surface area contributed by atoms with Gasteiger partial charge in [0.25, 0.3) is 0 Å². The number of hydrogen-bond acceptors (Lipinski definition) is 1. The van der Waals surface area contributed by atoms with Gasteiger partial charge < -0.3 is 10.3 Å². The van der Waals surface area contributed by atoms with Crippen molar-refractivity contribution in [3.8, 4) is 0 Å². The third kappa shape index (κ3) is 5.23. The molecule has 2 aromatic rings. The van der Waals surface area contributed by atoms with Crippen LogP contribution in [0.2, 0.25) is 10.0 Å². The van der Waals surface area contributed by atoms with E-state index in [4.69, 9.17) is 28.9 Å².